The number of rotatable bonds is 3. The van der Waals surface area contributed by atoms with E-state index in [0.717, 1.165) is 5.56 Å². The molecule has 3 nitrogen and oxygen atoms in total. The Hall–Kier alpha value is -1.74. The van der Waals surface area contributed by atoms with Gasteiger partial charge in [-0.25, -0.2) is 4.98 Å². The van der Waals surface area contributed by atoms with Crippen LogP contribution < -0.4 is 10.5 Å². The first-order chi connectivity index (χ1) is 7.74. The summed E-state index contributed by atoms with van der Waals surface area (Å²) in [6.07, 6.45) is 1.61. The summed E-state index contributed by atoms with van der Waals surface area (Å²) >= 11 is 5.86. The fourth-order valence-corrected chi connectivity index (χ4v) is 1.50. The molecule has 0 aliphatic heterocycles. The number of pyridine rings is 1. The first-order valence-electron chi connectivity index (χ1n) is 4.83. The van der Waals surface area contributed by atoms with Crippen molar-refractivity contribution >= 4 is 17.3 Å². The number of nitrogens with zero attached hydrogens (tertiary/aromatic N) is 1. The molecule has 1 aromatic heterocycles. The van der Waals surface area contributed by atoms with Crippen molar-refractivity contribution in [2.75, 3.05) is 5.73 Å². The third kappa shape index (κ3) is 2.87. The van der Waals surface area contributed by atoms with Crippen molar-refractivity contribution in [3.05, 3.63) is 53.2 Å². The third-order valence-corrected chi connectivity index (χ3v) is 2.27. The summed E-state index contributed by atoms with van der Waals surface area (Å²) < 4.78 is 5.48. The highest BCUT2D eigenvalue weighted by molar-refractivity contribution is 6.30. The largest absolute Gasteiger partial charge is 0.473 e. The summed E-state index contributed by atoms with van der Waals surface area (Å²) in [6.45, 7) is 0.428. The Bertz CT molecular complexity index is 442. The summed E-state index contributed by atoms with van der Waals surface area (Å²) in [5.41, 5.74) is 7.24. The molecule has 0 amide bonds. The third-order valence-electron chi connectivity index (χ3n) is 2.03. The first-order valence-corrected chi connectivity index (χ1v) is 5.20. The summed E-state index contributed by atoms with van der Waals surface area (Å²) in [6, 6.07) is 10.9. The molecule has 0 saturated carbocycles. The van der Waals surface area contributed by atoms with Crippen molar-refractivity contribution in [3.8, 4) is 5.88 Å². The first kappa shape index (κ1) is 10.8. The van der Waals surface area contributed by atoms with Crippen LogP contribution in [0.4, 0.5) is 5.69 Å². The van der Waals surface area contributed by atoms with E-state index in [1.54, 1.807) is 18.3 Å². The zero-order valence-corrected chi connectivity index (χ0v) is 9.32. The van der Waals surface area contributed by atoms with E-state index in [1.165, 1.54) is 0 Å². The van der Waals surface area contributed by atoms with E-state index < -0.39 is 0 Å². The highest BCUT2D eigenvalue weighted by Crippen LogP contribution is 2.15. The minimum atomic E-state index is 0.428. The molecule has 4 heteroatoms. The lowest BCUT2D eigenvalue weighted by Crippen LogP contribution is -1.97. The second-order valence-electron chi connectivity index (χ2n) is 3.35. The van der Waals surface area contributed by atoms with Gasteiger partial charge in [-0.05, 0) is 23.8 Å². The minimum Gasteiger partial charge on any atom is -0.473 e. The average Bonchev–Trinajstić information content (AvgIpc) is 2.27. The van der Waals surface area contributed by atoms with E-state index >= 15 is 0 Å². The molecule has 0 unspecified atom stereocenters. The van der Waals surface area contributed by atoms with Gasteiger partial charge in [0.25, 0.3) is 0 Å². The van der Waals surface area contributed by atoms with E-state index in [4.69, 9.17) is 22.1 Å². The van der Waals surface area contributed by atoms with E-state index in [-0.39, 0.29) is 0 Å². The van der Waals surface area contributed by atoms with E-state index in [0.29, 0.717) is 23.2 Å². The normalized spacial score (nSPS) is 10.1. The van der Waals surface area contributed by atoms with E-state index in [1.807, 2.05) is 24.3 Å². The molecule has 2 N–H and O–H groups in total. The lowest BCUT2D eigenvalue weighted by molar-refractivity contribution is 0.294. The van der Waals surface area contributed by atoms with Gasteiger partial charge in [0, 0.05) is 23.0 Å². The number of nitrogen functional groups attached to an aromatic ring is 1. The molecular weight excluding hydrogens is 224 g/mol. The molecule has 0 saturated heterocycles. The fraction of sp³-hybridized carbons (Fsp3) is 0.0833. The van der Waals surface area contributed by atoms with Crippen LogP contribution in [0.1, 0.15) is 5.56 Å². The Morgan fingerprint density at radius 2 is 2.12 bits per heavy atom. The van der Waals surface area contributed by atoms with Crippen molar-refractivity contribution in [2.24, 2.45) is 0 Å². The van der Waals surface area contributed by atoms with Crippen LogP contribution in [0, 0.1) is 0 Å². The molecule has 0 fully saturated rings. The molecule has 82 valence electrons. The number of hydrogen-bond donors (Lipinski definition) is 1. The SMILES string of the molecule is Nc1ccnc(OCc2cccc(Cl)c2)c1. The van der Waals surface area contributed by atoms with Crippen LogP contribution in [0.25, 0.3) is 0 Å². The van der Waals surface area contributed by atoms with Gasteiger partial charge in [0.2, 0.25) is 5.88 Å². The van der Waals surface area contributed by atoms with Crippen molar-refractivity contribution < 1.29 is 4.74 Å². The van der Waals surface area contributed by atoms with Crippen LogP contribution in [0.5, 0.6) is 5.88 Å². The molecule has 0 radical (unpaired) electrons. The smallest absolute Gasteiger partial charge is 0.215 e. The topological polar surface area (TPSA) is 48.1 Å². The van der Waals surface area contributed by atoms with Crippen molar-refractivity contribution in [1.82, 2.24) is 4.98 Å². The van der Waals surface area contributed by atoms with Crippen LogP contribution in [0.15, 0.2) is 42.6 Å². The summed E-state index contributed by atoms with van der Waals surface area (Å²) in [4.78, 5) is 4.04. The number of aromatic nitrogens is 1. The highest BCUT2D eigenvalue weighted by Gasteiger charge is 1.98. The summed E-state index contributed by atoms with van der Waals surface area (Å²) in [5.74, 6) is 0.514. The van der Waals surface area contributed by atoms with Crippen LogP contribution in [0.3, 0.4) is 0 Å². The van der Waals surface area contributed by atoms with Crippen LogP contribution in [-0.4, -0.2) is 4.98 Å². The molecule has 0 aliphatic rings. The van der Waals surface area contributed by atoms with Crippen molar-refractivity contribution in [3.63, 3.8) is 0 Å². The van der Waals surface area contributed by atoms with Crippen LogP contribution >= 0.6 is 11.6 Å². The quantitative estimate of drug-likeness (QED) is 0.888. The van der Waals surface area contributed by atoms with Crippen molar-refractivity contribution in [2.45, 2.75) is 6.61 Å². The van der Waals surface area contributed by atoms with Gasteiger partial charge in [0.1, 0.15) is 6.61 Å². The van der Waals surface area contributed by atoms with Gasteiger partial charge in [0.15, 0.2) is 0 Å². The lowest BCUT2D eigenvalue weighted by atomic mass is 10.2. The minimum absolute atomic E-state index is 0.428. The number of nitrogens with two attached hydrogens (primary N) is 1. The maximum Gasteiger partial charge on any atom is 0.215 e. The Kier molecular flexibility index (Phi) is 3.27. The number of ether oxygens (including phenoxy) is 1. The van der Waals surface area contributed by atoms with Gasteiger partial charge in [-0.3, -0.25) is 0 Å². The molecule has 0 bridgehead atoms. The zero-order chi connectivity index (χ0) is 11.4. The van der Waals surface area contributed by atoms with Crippen molar-refractivity contribution in [1.29, 1.82) is 0 Å². The highest BCUT2D eigenvalue weighted by atomic mass is 35.5. The van der Waals surface area contributed by atoms with Gasteiger partial charge in [-0.15, -0.1) is 0 Å². The molecule has 1 heterocycles. The molecular formula is C12H11ClN2O. The van der Waals surface area contributed by atoms with Gasteiger partial charge in [-0.2, -0.15) is 0 Å². The number of anilines is 1. The van der Waals surface area contributed by atoms with Gasteiger partial charge in [-0.1, -0.05) is 23.7 Å². The van der Waals surface area contributed by atoms with E-state index in [2.05, 4.69) is 4.98 Å². The number of halogens is 1. The second-order valence-corrected chi connectivity index (χ2v) is 3.78. The van der Waals surface area contributed by atoms with Crippen LogP contribution in [-0.2, 0) is 6.61 Å². The average molecular weight is 235 g/mol. The maximum absolute atomic E-state index is 5.86. The molecule has 16 heavy (non-hydrogen) atoms. The Balaban J connectivity index is 2.02. The van der Waals surface area contributed by atoms with E-state index in [9.17, 15) is 0 Å². The monoisotopic (exact) mass is 234 g/mol. The van der Waals surface area contributed by atoms with Gasteiger partial charge in [0.05, 0.1) is 0 Å². The maximum atomic E-state index is 5.86. The van der Waals surface area contributed by atoms with Crippen LogP contribution in [0.2, 0.25) is 5.02 Å². The molecule has 1 aromatic carbocycles. The predicted molar refractivity (Wildman–Crippen MR) is 64.4 cm³/mol. The molecule has 0 spiro atoms. The molecule has 2 aromatic rings. The fourth-order valence-electron chi connectivity index (χ4n) is 1.29. The Labute approximate surface area is 98.8 Å². The number of benzene rings is 1. The molecule has 2 rings (SSSR count). The lowest BCUT2D eigenvalue weighted by Gasteiger charge is -2.05. The Morgan fingerprint density at radius 1 is 1.25 bits per heavy atom. The standard InChI is InChI=1S/C12H11ClN2O/c13-10-3-1-2-9(6-10)8-16-12-7-11(14)4-5-15-12/h1-7H,8H2,(H2,14,15). The molecule has 0 aliphatic carbocycles. The van der Waals surface area contributed by atoms with Gasteiger partial charge < -0.3 is 10.5 Å². The summed E-state index contributed by atoms with van der Waals surface area (Å²) in [5, 5.41) is 0.696. The Morgan fingerprint density at radius 3 is 2.88 bits per heavy atom. The predicted octanol–water partition coefficient (Wildman–Crippen LogP) is 2.90. The second kappa shape index (κ2) is 4.86. The van der Waals surface area contributed by atoms with Gasteiger partial charge >= 0.3 is 0 Å². The number of hydrogen-bond acceptors (Lipinski definition) is 3. The molecule has 0 atom stereocenters. The summed E-state index contributed by atoms with van der Waals surface area (Å²) in [7, 11) is 0. The zero-order valence-electron chi connectivity index (χ0n) is 8.56.